The molecule has 0 spiro atoms. The molecule has 0 radical (unpaired) electrons. The second kappa shape index (κ2) is 7.45. The molecule has 3 rings (SSSR count). The molecule has 0 amide bonds. The van der Waals surface area contributed by atoms with Crippen LogP contribution in [0.15, 0.2) is 56.7 Å². The minimum Gasteiger partial charge on any atom is -0.478 e. The van der Waals surface area contributed by atoms with Gasteiger partial charge in [0.05, 0.1) is 27.1 Å². The third kappa shape index (κ3) is 3.89. The van der Waals surface area contributed by atoms with E-state index >= 15 is 0 Å². The van der Waals surface area contributed by atoms with E-state index in [-0.39, 0.29) is 12.4 Å². The van der Waals surface area contributed by atoms with Gasteiger partial charge in [-0.05, 0) is 24.3 Å². The van der Waals surface area contributed by atoms with Crippen molar-refractivity contribution in [2.45, 2.75) is 11.4 Å². The maximum absolute atomic E-state index is 14.3. The van der Waals surface area contributed by atoms with Gasteiger partial charge >= 0.3 is 5.97 Å². The molecule has 3 nitrogen and oxygen atoms in total. The zero-order valence-corrected chi connectivity index (χ0v) is 16.5. The summed E-state index contributed by atoms with van der Waals surface area (Å²) in [6.45, 7) is 0.169. The molecule has 0 saturated heterocycles. The summed E-state index contributed by atoms with van der Waals surface area (Å²) in [7, 11) is 0. The lowest BCUT2D eigenvalue weighted by Gasteiger charge is -2.33. The summed E-state index contributed by atoms with van der Waals surface area (Å²) in [6, 6.07) is 10.1. The highest BCUT2D eigenvalue weighted by atomic mass is 79.9. The van der Waals surface area contributed by atoms with Crippen molar-refractivity contribution in [2.75, 3.05) is 4.90 Å². The van der Waals surface area contributed by atoms with Gasteiger partial charge in [-0.15, -0.1) is 0 Å². The number of halogens is 3. The monoisotopic (exact) mass is 457 g/mol. The summed E-state index contributed by atoms with van der Waals surface area (Å²) in [5.41, 5.74) is 1.17. The van der Waals surface area contributed by atoms with Gasteiger partial charge in [-0.1, -0.05) is 63.6 Å². The minimum atomic E-state index is -1.10. The molecule has 1 aliphatic rings. The Kier molecular flexibility index (Phi) is 5.48. The van der Waals surface area contributed by atoms with Crippen molar-refractivity contribution >= 4 is 68.2 Å². The number of hydrogen-bond acceptors (Lipinski definition) is 3. The highest BCUT2D eigenvalue weighted by molar-refractivity contribution is 9.10. The standard InChI is InChI=1S/C17H10BrClFNO2S2/c18-10-5-4-9(12(20)6-10)8-21-13-3-1-2-11(19)16(13)25-14(17(21)24)7-15(22)23/h1-7H,8H2,(H,22,23). The third-order valence-electron chi connectivity index (χ3n) is 3.50. The fourth-order valence-corrected chi connectivity index (χ4v) is 4.38. The Morgan fingerprint density at radius 3 is 2.84 bits per heavy atom. The molecule has 1 aliphatic heterocycles. The van der Waals surface area contributed by atoms with Crippen molar-refractivity contribution in [3.05, 3.63) is 68.3 Å². The lowest BCUT2D eigenvalue weighted by molar-refractivity contribution is -0.131. The van der Waals surface area contributed by atoms with Crippen LogP contribution in [-0.4, -0.2) is 16.1 Å². The van der Waals surface area contributed by atoms with Crippen LogP contribution in [0.1, 0.15) is 5.56 Å². The first-order chi connectivity index (χ1) is 11.9. The zero-order chi connectivity index (χ0) is 18.1. The molecule has 1 N–H and O–H groups in total. The quantitative estimate of drug-likeness (QED) is 0.475. The number of rotatable bonds is 3. The van der Waals surface area contributed by atoms with Gasteiger partial charge in [-0.3, -0.25) is 0 Å². The minimum absolute atomic E-state index is 0.169. The van der Waals surface area contributed by atoms with E-state index in [1.807, 2.05) is 6.07 Å². The SMILES string of the molecule is O=C(O)C=C1Sc2c(Cl)cccc2N(Cc2ccc(Br)cc2F)C1=S. The number of anilines is 1. The Labute approximate surface area is 166 Å². The van der Waals surface area contributed by atoms with Crippen LogP contribution in [0.25, 0.3) is 0 Å². The summed E-state index contributed by atoms with van der Waals surface area (Å²) in [5, 5.41) is 9.57. The van der Waals surface area contributed by atoms with E-state index in [0.717, 1.165) is 11.8 Å². The molecule has 0 atom stereocenters. The van der Waals surface area contributed by atoms with E-state index in [1.54, 1.807) is 29.2 Å². The van der Waals surface area contributed by atoms with Crippen molar-refractivity contribution < 1.29 is 14.3 Å². The van der Waals surface area contributed by atoms with Gasteiger partial charge < -0.3 is 10.0 Å². The number of nitrogens with zero attached hydrogens (tertiary/aromatic N) is 1. The second-order valence-electron chi connectivity index (χ2n) is 5.16. The molecule has 25 heavy (non-hydrogen) atoms. The predicted molar refractivity (Wildman–Crippen MR) is 106 cm³/mol. The number of hydrogen-bond donors (Lipinski definition) is 1. The van der Waals surface area contributed by atoms with Crippen molar-refractivity contribution in [1.29, 1.82) is 0 Å². The lowest BCUT2D eigenvalue weighted by atomic mass is 10.1. The number of thioether (sulfide) groups is 1. The molecule has 0 bridgehead atoms. The summed E-state index contributed by atoms with van der Waals surface area (Å²) >= 11 is 16.2. The number of carboxylic acid groups (broad SMARTS) is 1. The van der Waals surface area contributed by atoms with Crippen LogP contribution in [0, 0.1) is 5.82 Å². The number of thiocarbonyl (C=S) groups is 1. The maximum atomic E-state index is 14.3. The Bertz CT molecular complexity index is 920. The van der Waals surface area contributed by atoms with E-state index < -0.39 is 5.97 Å². The summed E-state index contributed by atoms with van der Waals surface area (Å²) in [4.78, 5) is 14.2. The first kappa shape index (κ1) is 18.4. The Morgan fingerprint density at radius 2 is 2.16 bits per heavy atom. The molecule has 128 valence electrons. The van der Waals surface area contributed by atoms with Crippen LogP contribution < -0.4 is 4.90 Å². The molecule has 2 aromatic rings. The van der Waals surface area contributed by atoms with Crippen LogP contribution in [0.4, 0.5) is 10.1 Å². The van der Waals surface area contributed by atoms with Crippen molar-refractivity contribution in [3.8, 4) is 0 Å². The molecule has 0 aliphatic carbocycles. The highest BCUT2D eigenvalue weighted by Gasteiger charge is 2.29. The van der Waals surface area contributed by atoms with Gasteiger partial charge in [0, 0.05) is 16.1 Å². The summed E-state index contributed by atoms with van der Waals surface area (Å²) in [5.74, 6) is -1.47. The highest BCUT2D eigenvalue weighted by Crippen LogP contribution is 2.46. The molecule has 0 unspecified atom stereocenters. The van der Waals surface area contributed by atoms with Crippen LogP contribution in [0.5, 0.6) is 0 Å². The largest absolute Gasteiger partial charge is 0.478 e. The fourth-order valence-electron chi connectivity index (χ4n) is 2.39. The molecule has 8 heteroatoms. The van der Waals surface area contributed by atoms with Gasteiger partial charge in [0.25, 0.3) is 0 Å². The van der Waals surface area contributed by atoms with E-state index in [2.05, 4.69) is 15.9 Å². The van der Waals surface area contributed by atoms with Crippen molar-refractivity contribution in [3.63, 3.8) is 0 Å². The molecular weight excluding hydrogens is 449 g/mol. The zero-order valence-electron chi connectivity index (χ0n) is 12.5. The number of carboxylic acids is 1. The number of carbonyl (C=O) groups is 1. The molecule has 1 heterocycles. The first-order valence-corrected chi connectivity index (χ1v) is 9.43. The summed E-state index contributed by atoms with van der Waals surface area (Å²) in [6.07, 6.45) is 1.05. The van der Waals surface area contributed by atoms with Crippen LogP contribution in [-0.2, 0) is 11.3 Å². The molecule has 0 saturated carbocycles. The van der Waals surface area contributed by atoms with Crippen LogP contribution in [0.2, 0.25) is 5.02 Å². The van der Waals surface area contributed by atoms with Gasteiger partial charge in [0.1, 0.15) is 10.8 Å². The average Bonchev–Trinajstić information content (AvgIpc) is 2.54. The van der Waals surface area contributed by atoms with Crippen LogP contribution in [0.3, 0.4) is 0 Å². The Balaban J connectivity index is 2.08. The van der Waals surface area contributed by atoms with Crippen LogP contribution >= 0.6 is 51.5 Å². The maximum Gasteiger partial charge on any atom is 0.329 e. The second-order valence-corrected chi connectivity index (χ2v) is 7.93. The normalized spacial score (nSPS) is 15.4. The summed E-state index contributed by atoms with van der Waals surface area (Å²) < 4.78 is 14.9. The fraction of sp³-hybridized carbons (Fsp3) is 0.0588. The van der Waals surface area contributed by atoms with E-state index in [0.29, 0.717) is 29.8 Å². The topological polar surface area (TPSA) is 40.5 Å². The van der Waals surface area contributed by atoms with E-state index in [4.69, 9.17) is 28.9 Å². The smallest absolute Gasteiger partial charge is 0.329 e. The van der Waals surface area contributed by atoms with Gasteiger partial charge in [0.2, 0.25) is 0 Å². The van der Waals surface area contributed by atoms with Gasteiger partial charge in [0.15, 0.2) is 0 Å². The van der Waals surface area contributed by atoms with Gasteiger partial charge in [-0.25, -0.2) is 9.18 Å². The first-order valence-electron chi connectivity index (χ1n) is 7.03. The molecule has 2 aromatic carbocycles. The molecular formula is C17H10BrClFNO2S2. The Hall–Kier alpha value is -1.41. The molecule has 0 fully saturated rings. The third-order valence-corrected chi connectivity index (χ3v) is 6.16. The van der Waals surface area contributed by atoms with Crippen molar-refractivity contribution in [1.82, 2.24) is 0 Å². The lowest BCUT2D eigenvalue weighted by Crippen LogP contribution is -2.33. The van der Waals surface area contributed by atoms with E-state index in [1.165, 1.54) is 17.8 Å². The predicted octanol–water partition coefficient (Wildman–Crippen LogP) is 5.65. The molecule has 0 aromatic heterocycles. The number of aliphatic carboxylic acids is 1. The van der Waals surface area contributed by atoms with Crippen molar-refractivity contribution in [2.24, 2.45) is 0 Å². The van der Waals surface area contributed by atoms with E-state index in [9.17, 15) is 9.18 Å². The number of fused-ring (bicyclic) bond motifs is 1. The number of benzene rings is 2. The Morgan fingerprint density at radius 1 is 1.40 bits per heavy atom. The van der Waals surface area contributed by atoms with Gasteiger partial charge in [-0.2, -0.15) is 0 Å². The average molecular weight is 459 g/mol.